The maximum Gasteiger partial charge on any atom is 0.525 e. The van der Waals surface area contributed by atoms with Crippen LogP contribution in [-0.4, -0.2) is 23.4 Å². The highest BCUT2D eigenvalue weighted by Crippen LogP contribution is 2.42. The minimum atomic E-state index is -1.16. The van der Waals surface area contributed by atoms with Crippen molar-refractivity contribution in [2.45, 2.75) is 45.0 Å². The minimum Gasteiger partial charge on any atom is -0.398 e. The monoisotopic (exact) mass is 354 g/mol. The molecule has 0 bridgehead atoms. The Labute approximate surface area is 154 Å². The maximum absolute atomic E-state index is 15.6. The van der Waals surface area contributed by atoms with Crippen molar-refractivity contribution in [3.63, 3.8) is 0 Å². The largest absolute Gasteiger partial charge is 0.525 e. The first-order valence-corrected chi connectivity index (χ1v) is 8.76. The highest BCUT2D eigenvalue weighted by molar-refractivity contribution is 6.55. The summed E-state index contributed by atoms with van der Waals surface area (Å²) in [6.07, 6.45) is -1.13. The lowest BCUT2D eigenvalue weighted by atomic mass is 9.80. The zero-order valence-corrected chi connectivity index (χ0v) is 15.6. The minimum absolute atomic E-state index is 0.162. The molecule has 2 aromatic rings. The van der Waals surface area contributed by atoms with Crippen molar-refractivity contribution in [2.24, 2.45) is 0 Å². The smallest absolute Gasteiger partial charge is 0.398 e. The van der Waals surface area contributed by atoms with Gasteiger partial charge in [0, 0.05) is 5.57 Å². The van der Waals surface area contributed by atoms with Gasteiger partial charge in [0.05, 0.1) is 11.2 Å². The van der Waals surface area contributed by atoms with Gasteiger partial charge in [0.2, 0.25) is 0 Å². The van der Waals surface area contributed by atoms with Crippen LogP contribution < -0.4 is 0 Å². The molecule has 3 rings (SSSR count). The van der Waals surface area contributed by atoms with Crippen molar-refractivity contribution in [1.82, 2.24) is 0 Å². The topological polar surface area (TPSA) is 38.7 Å². The highest BCUT2D eigenvalue weighted by atomic mass is 19.1. The van der Waals surface area contributed by atoms with Crippen molar-refractivity contribution in [3.8, 4) is 0 Å². The first kappa shape index (κ1) is 18.8. The fraction of sp³-hybridized carbons (Fsp3) is 0.333. The van der Waals surface area contributed by atoms with E-state index in [-0.39, 0.29) is 5.57 Å². The summed E-state index contributed by atoms with van der Waals surface area (Å²) in [6, 6.07) is 18.0. The summed E-state index contributed by atoms with van der Waals surface area (Å²) in [5.74, 6) is 0. The normalized spacial score (nSPS) is 20.6. The summed E-state index contributed by atoms with van der Waals surface area (Å²) in [5.41, 5.74) is -0.557. The van der Waals surface area contributed by atoms with Gasteiger partial charge < -0.3 is 14.4 Å². The van der Waals surface area contributed by atoms with Crippen LogP contribution in [0, 0.1) is 0 Å². The van der Waals surface area contributed by atoms with Gasteiger partial charge in [0.25, 0.3) is 0 Å². The van der Waals surface area contributed by atoms with Crippen molar-refractivity contribution < 1.29 is 18.8 Å². The molecule has 1 unspecified atom stereocenters. The van der Waals surface area contributed by atoms with E-state index < -0.39 is 30.2 Å². The number of benzene rings is 2. The number of aliphatic hydroxyl groups is 1. The molecule has 0 aliphatic carbocycles. The Morgan fingerprint density at radius 3 is 1.85 bits per heavy atom. The molecule has 1 heterocycles. The fourth-order valence-corrected chi connectivity index (χ4v) is 2.92. The van der Waals surface area contributed by atoms with Gasteiger partial charge in [0.1, 0.15) is 11.8 Å². The van der Waals surface area contributed by atoms with Crippen molar-refractivity contribution in [1.29, 1.82) is 0 Å². The van der Waals surface area contributed by atoms with E-state index >= 15 is 4.39 Å². The Kier molecular flexibility index (Phi) is 5.06. The van der Waals surface area contributed by atoms with E-state index in [0.717, 1.165) is 0 Å². The first-order chi connectivity index (χ1) is 12.2. The third kappa shape index (κ3) is 3.47. The van der Waals surface area contributed by atoms with Crippen molar-refractivity contribution >= 4 is 12.7 Å². The molecule has 1 atom stereocenters. The van der Waals surface area contributed by atoms with E-state index in [1.807, 2.05) is 64.1 Å². The molecular weight excluding hydrogens is 330 g/mol. The standard InChI is InChI=1S/C21H24BFO3/c1-20(2)21(3,4)26-22(25-20)19(23)17(15-11-7-5-8-12-15)18(24)16-13-9-6-10-14-16/h5-14,18,24H,1-4H3. The Hall–Kier alpha value is -1.95. The van der Waals surface area contributed by atoms with E-state index in [9.17, 15) is 5.11 Å². The summed E-state index contributed by atoms with van der Waals surface area (Å²) in [5, 5.41) is 10.9. The average molecular weight is 354 g/mol. The van der Waals surface area contributed by atoms with Gasteiger partial charge in [-0.25, -0.2) is 4.39 Å². The van der Waals surface area contributed by atoms with Gasteiger partial charge in [-0.3, -0.25) is 0 Å². The molecular formula is C21H24BFO3. The Balaban J connectivity index is 2.07. The second-order valence-electron chi connectivity index (χ2n) is 7.53. The Morgan fingerprint density at radius 1 is 0.885 bits per heavy atom. The van der Waals surface area contributed by atoms with E-state index in [1.165, 1.54) is 0 Å². The lowest BCUT2D eigenvalue weighted by molar-refractivity contribution is 0.00578. The molecule has 0 radical (unpaired) electrons. The van der Waals surface area contributed by atoms with Gasteiger partial charge in [0.15, 0.2) is 0 Å². The predicted octanol–water partition coefficient (Wildman–Crippen LogP) is 4.73. The van der Waals surface area contributed by atoms with Crippen LogP contribution >= 0.6 is 0 Å². The van der Waals surface area contributed by atoms with E-state index in [0.29, 0.717) is 11.1 Å². The average Bonchev–Trinajstić information content (AvgIpc) is 2.84. The molecule has 136 valence electrons. The quantitative estimate of drug-likeness (QED) is 0.807. The summed E-state index contributed by atoms with van der Waals surface area (Å²) in [4.78, 5) is 0. The molecule has 26 heavy (non-hydrogen) atoms. The van der Waals surface area contributed by atoms with Crippen molar-refractivity contribution in [3.05, 3.63) is 77.5 Å². The Morgan fingerprint density at radius 2 is 1.35 bits per heavy atom. The van der Waals surface area contributed by atoms with Crippen LogP contribution in [0.3, 0.4) is 0 Å². The van der Waals surface area contributed by atoms with E-state index in [1.54, 1.807) is 24.3 Å². The fourth-order valence-electron chi connectivity index (χ4n) is 2.92. The molecule has 1 saturated heterocycles. The SMILES string of the molecule is CC1(C)OB(C(F)=C(c2ccccc2)C(O)c2ccccc2)OC1(C)C. The van der Waals surface area contributed by atoms with Gasteiger partial charge >= 0.3 is 7.12 Å². The lowest BCUT2D eigenvalue weighted by Gasteiger charge is -2.32. The van der Waals surface area contributed by atoms with Crippen LogP contribution in [0.4, 0.5) is 4.39 Å². The third-order valence-electron chi connectivity index (χ3n) is 5.19. The number of halogens is 1. The number of rotatable bonds is 4. The van der Waals surface area contributed by atoms with E-state index in [2.05, 4.69) is 0 Å². The zero-order chi connectivity index (χ0) is 18.9. The number of aliphatic hydroxyl groups excluding tert-OH is 1. The molecule has 2 aromatic carbocycles. The number of hydrogen-bond acceptors (Lipinski definition) is 3. The first-order valence-electron chi connectivity index (χ1n) is 8.76. The van der Waals surface area contributed by atoms with Crippen LogP contribution in [0.2, 0.25) is 0 Å². The number of hydrogen-bond donors (Lipinski definition) is 1. The summed E-state index contributed by atoms with van der Waals surface area (Å²) >= 11 is 0. The van der Waals surface area contributed by atoms with Crippen LogP contribution in [0.5, 0.6) is 0 Å². The van der Waals surface area contributed by atoms with Crippen LogP contribution in [0.15, 0.2) is 66.4 Å². The van der Waals surface area contributed by atoms with Crippen molar-refractivity contribution in [2.75, 3.05) is 0 Å². The van der Waals surface area contributed by atoms with Gasteiger partial charge in [-0.05, 0) is 38.8 Å². The Bertz CT molecular complexity index is 771. The molecule has 1 fully saturated rings. The molecule has 0 spiro atoms. The second kappa shape index (κ2) is 6.99. The zero-order valence-electron chi connectivity index (χ0n) is 15.6. The van der Waals surface area contributed by atoms with Crippen LogP contribution in [0.25, 0.3) is 5.57 Å². The third-order valence-corrected chi connectivity index (χ3v) is 5.19. The van der Waals surface area contributed by atoms with Gasteiger partial charge in [-0.2, -0.15) is 0 Å². The second-order valence-corrected chi connectivity index (χ2v) is 7.53. The maximum atomic E-state index is 15.6. The van der Waals surface area contributed by atoms with Crippen LogP contribution in [-0.2, 0) is 9.31 Å². The molecule has 0 amide bonds. The van der Waals surface area contributed by atoms with E-state index in [4.69, 9.17) is 9.31 Å². The summed E-state index contributed by atoms with van der Waals surface area (Å²) in [6.45, 7) is 7.48. The summed E-state index contributed by atoms with van der Waals surface area (Å²) < 4.78 is 27.2. The molecule has 3 nitrogen and oxygen atoms in total. The van der Waals surface area contributed by atoms with Gasteiger partial charge in [-0.1, -0.05) is 60.7 Å². The molecule has 1 aliphatic heterocycles. The molecule has 0 saturated carbocycles. The predicted molar refractivity (Wildman–Crippen MR) is 102 cm³/mol. The molecule has 1 aliphatic rings. The van der Waals surface area contributed by atoms with Crippen LogP contribution in [0.1, 0.15) is 44.9 Å². The molecule has 5 heteroatoms. The molecule has 0 aromatic heterocycles. The lowest BCUT2D eigenvalue weighted by Crippen LogP contribution is -2.41. The summed E-state index contributed by atoms with van der Waals surface area (Å²) in [7, 11) is -1.16. The molecule has 1 N–H and O–H groups in total. The van der Waals surface area contributed by atoms with Gasteiger partial charge in [-0.15, -0.1) is 0 Å². The highest BCUT2D eigenvalue weighted by Gasteiger charge is 2.54.